The zero-order chi connectivity index (χ0) is 12.1. The average molecular weight is 254 g/mol. The van der Waals surface area contributed by atoms with E-state index in [2.05, 4.69) is 26.6 Å². The number of aromatic amines is 1. The van der Waals surface area contributed by atoms with Gasteiger partial charge in [-0.15, -0.1) is 0 Å². The summed E-state index contributed by atoms with van der Waals surface area (Å²) in [7, 11) is 0. The normalized spacial score (nSPS) is 17.5. The van der Waals surface area contributed by atoms with Gasteiger partial charge in [0, 0.05) is 19.5 Å². The lowest BCUT2D eigenvalue weighted by molar-refractivity contribution is 0.219. The van der Waals surface area contributed by atoms with E-state index in [1.54, 1.807) is 0 Å². The Bertz CT molecular complexity index is 389. The Morgan fingerprint density at radius 2 is 2.00 bits per heavy atom. The van der Waals surface area contributed by atoms with Crippen LogP contribution in [0.4, 0.5) is 0 Å². The molecule has 17 heavy (non-hydrogen) atoms. The van der Waals surface area contributed by atoms with Crippen LogP contribution in [0, 0.1) is 4.77 Å². The van der Waals surface area contributed by atoms with Crippen molar-refractivity contribution in [3.05, 3.63) is 10.6 Å². The highest BCUT2D eigenvalue weighted by atomic mass is 32.1. The van der Waals surface area contributed by atoms with E-state index in [0.717, 1.165) is 36.5 Å². The molecule has 1 fully saturated rings. The second kappa shape index (κ2) is 6.31. The number of hydrogen-bond donors (Lipinski definition) is 1. The Morgan fingerprint density at radius 3 is 2.71 bits per heavy atom. The summed E-state index contributed by atoms with van der Waals surface area (Å²) >= 11 is 5.28. The van der Waals surface area contributed by atoms with Gasteiger partial charge < -0.3 is 9.47 Å². The summed E-state index contributed by atoms with van der Waals surface area (Å²) < 4.78 is 2.93. The number of likely N-dealkylation sites (tertiary alicyclic amines) is 1. The molecule has 1 aromatic rings. The molecule has 0 bridgehead atoms. The third kappa shape index (κ3) is 3.39. The van der Waals surface area contributed by atoms with E-state index in [-0.39, 0.29) is 0 Å². The highest BCUT2D eigenvalue weighted by Crippen LogP contribution is 2.09. The summed E-state index contributed by atoms with van der Waals surface area (Å²) in [6.07, 6.45) is 6.20. The molecular formula is C12H22N4S. The molecule has 0 amide bonds. The third-order valence-corrected chi connectivity index (χ3v) is 3.71. The standard InChI is InChI=1S/C12H22N4S/c1-2-6-11-13-14-12(17)16(11)10-9-15-7-4-3-5-8-15/h2-10H2,1H3,(H,14,17). The first-order valence-electron chi connectivity index (χ1n) is 6.67. The van der Waals surface area contributed by atoms with E-state index in [1.807, 2.05) is 0 Å². The van der Waals surface area contributed by atoms with Crippen molar-refractivity contribution in [2.75, 3.05) is 19.6 Å². The maximum atomic E-state index is 5.28. The van der Waals surface area contributed by atoms with Crippen LogP contribution in [0.2, 0.25) is 0 Å². The second-order valence-corrected chi connectivity index (χ2v) is 5.14. The van der Waals surface area contributed by atoms with Gasteiger partial charge in [0.05, 0.1) is 0 Å². The van der Waals surface area contributed by atoms with Gasteiger partial charge in [0.25, 0.3) is 0 Å². The summed E-state index contributed by atoms with van der Waals surface area (Å²) in [6, 6.07) is 0. The number of aryl methyl sites for hydroxylation is 1. The van der Waals surface area contributed by atoms with Crippen LogP contribution in [0.15, 0.2) is 0 Å². The van der Waals surface area contributed by atoms with Crippen molar-refractivity contribution < 1.29 is 0 Å². The van der Waals surface area contributed by atoms with E-state index >= 15 is 0 Å². The molecule has 1 aromatic heterocycles. The summed E-state index contributed by atoms with van der Waals surface area (Å²) in [5.74, 6) is 1.11. The topological polar surface area (TPSA) is 36.9 Å². The van der Waals surface area contributed by atoms with Gasteiger partial charge in [0.2, 0.25) is 0 Å². The molecule has 96 valence electrons. The van der Waals surface area contributed by atoms with Crippen molar-refractivity contribution in [2.24, 2.45) is 0 Å². The fourth-order valence-corrected chi connectivity index (χ4v) is 2.66. The molecule has 1 N–H and O–H groups in total. The number of hydrogen-bond acceptors (Lipinski definition) is 3. The van der Waals surface area contributed by atoms with Crippen LogP contribution >= 0.6 is 12.2 Å². The molecule has 1 aliphatic rings. The van der Waals surface area contributed by atoms with Crippen molar-refractivity contribution in [3.8, 4) is 0 Å². The molecule has 0 unspecified atom stereocenters. The first kappa shape index (κ1) is 12.8. The van der Waals surface area contributed by atoms with Gasteiger partial charge in [-0.25, -0.2) is 0 Å². The Labute approximate surface area is 108 Å². The minimum atomic E-state index is 0.769. The maximum Gasteiger partial charge on any atom is 0.195 e. The lowest BCUT2D eigenvalue weighted by Gasteiger charge is -2.26. The highest BCUT2D eigenvalue weighted by molar-refractivity contribution is 7.71. The number of H-pyrrole nitrogens is 1. The van der Waals surface area contributed by atoms with Crippen LogP contribution in [-0.4, -0.2) is 39.3 Å². The lowest BCUT2D eigenvalue weighted by Crippen LogP contribution is -2.32. The molecule has 0 aliphatic carbocycles. The lowest BCUT2D eigenvalue weighted by atomic mass is 10.1. The van der Waals surface area contributed by atoms with Crippen LogP contribution in [-0.2, 0) is 13.0 Å². The molecule has 1 saturated heterocycles. The second-order valence-electron chi connectivity index (χ2n) is 4.75. The van der Waals surface area contributed by atoms with Crippen LogP contribution in [0.1, 0.15) is 38.4 Å². The smallest absolute Gasteiger partial charge is 0.195 e. The van der Waals surface area contributed by atoms with E-state index < -0.39 is 0 Å². The van der Waals surface area contributed by atoms with Crippen LogP contribution in [0.25, 0.3) is 0 Å². The molecule has 2 rings (SSSR count). The Kier molecular flexibility index (Phi) is 4.74. The van der Waals surface area contributed by atoms with Gasteiger partial charge in [-0.05, 0) is 44.6 Å². The molecule has 1 aliphatic heterocycles. The minimum absolute atomic E-state index is 0.769. The molecule has 0 spiro atoms. The molecule has 2 heterocycles. The van der Waals surface area contributed by atoms with Gasteiger partial charge >= 0.3 is 0 Å². The van der Waals surface area contributed by atoms with E-state index in [9.17, 15) is 0 Å². The van der Waals surface area contributed by atoms with Crippen molar-refractivity contribution in [2.45, 2.75) is 45.6 Å². The molecule has 0 atom stereocenters. The number of aromatic nitrogens is 3. The number of nitrogens with zero attached hydrogens (tertiary/aromatic N) is 3. The SMILES string of the molecule is CCCc1n[nH]c(=S)n1CCN1CCCCC1. The molecule has 0 aromatic carbocycles. The van der Waals surface area contributed by atoms with Gasteiger partial charge in [0.1, 0.15) is 5.82 Å². The number of piperidine rings is 1. The predicted octanol–water partition coefficient (Wildman–Crippen LogP) is 2.38. The van der Waals surface area contributed by atoms with E-state index in [0.29, 0.717) is 0 Å². The summed E-state index contributed by atoms with van der Waals surface area (Å²) in [6.45, 7) is 6.74. The van der Waals surface area contributed by atoms with Gasteiger partial charge in [-0.1, -0.05) is 13.3 Å². The molecule has 5 heteroatoms. The van der Waals surface area contributed by atoms with Gasteiger partial charge in [-0.3, -0.25) is 5.10 Å². The number of nitrogens with one attached hydrogen (secondary N) is 1. The van der Waals surface area contributed by atoms with Crippen LogP contribution in [0.3, 0.4) is 0 Å². The molecule has 4 nitrogen and oxygen atoms in total. The average Bonchev–Trinajstić information content (AvgIpc) is 2.70. The Balaban J connectivity index is 1.93. The van der Waals surface area contributed by atoms with E-state index in [4.69, 9.17) is 12.2 Å². The summed E-state index contributed by atoms with van der Waals surface area (Å²) in [5, 5.41) is 7.20. The summed E-state index contributed by atoms with van der Waals surface area (Å²) in [5.41, 5.74) is 0. The number of rotatable bonds is 5. The van der Waals surface area contributed by atoms with Crippen LogP contribution < -0.4 is 0 Å². The predicted molar refractivity (Wildman–Crippen MR) is 71.7 cm³/mol. The van der Waals surface area contributed by atoms with Crippen molar-refractivity contribution in [3.63, 3.8) is 0 Å². The maximum absolute atomic E-state index is 5.28. The molecule has 0 radical (unpaired) electrons. The molecular weight excluding hydrogens is 232 g/mol. The van der Waals surface area contributed by atoms with Gasteiger partial charge in [0.15, 0.2) is 4.77 Å². The first-order valence-corrected chi connectivity index (χ1v) is 7.08. The minimum Gasteiger partial charge on any atom is -0.303 e. The van der Waals surface area contributed by atoms with Crippen molar-refractivity contribution >= 4 is 12.2 Å². The Morgan fingerprint density at radius 1 is 1.24 bits per heavy atom. The Hall–Kier alpha value is -0.680. The largest absolute Gasteiger partial charge is 0.303 e. The van der Waals surface area contributed by atoms with Crippen molar-refractivity contribution in [1.82, 2.24) is 19.7 Å². The van der Waals surface area contributed by atoms with Gasteiger partial charge in [-0.2, -0.15) is 5.10 Å². The first-order chi connectivity index (χ1) is 8.31. The van der Waals surface area contributed by atoms with Crippen molar-refractivity contribution in [1.29, 1.82) is 0 Å². The fraction of sp³-hybridized carbons (Fsp3) is 0.833. The highest BCUT2D eigenvalue weighted by Gasteiger charge is 2.11. The zero-order valence-electron chi connectivity index (χ0n) is 10.6. The molecule has 0 saturated carbocycles. The fourth-order valence-electron chi connectivity index (χ4n) is 2.42. The quantitative estimate of drug-likeness (QED) is 0.820. The monoisotopic (exact) mass is 254 g/mol. The van der Waals surface area contributed by atoms with E-state index in [1.165, 1.54) is 32.4 Å². The third-order valence-electron chi connectivity index (χ3n) is 3.40. The van der Waals surface area contributed by atoms with Crippen LogP contribution in [0.5, 0.6) is 0 Å². The summed E-state index contributed by atoms with van der Waals surface area (Å²) in [4.78, 5) is 2.54. The zero-order valence-corrected chi connectivity index (χ0v) is 11.4.